The molecule has 2 rings (SSSR count). The highest BCUT2D eigenvalue weighted by molar-refractivity contribution is 6.29. The summed E-state index contributed by atoms with van der Waals surface area (Å²) in [5.74, 6) is -0.0611. The molecule has 0 unspecified atom stereocenters. The van der Waals surface area contributed by atoms with Crippen LogP contribution in [0.2, 0.25) is 5.15 Å². The molecule has 0 atom stereocenters. The summed E-state index contributed by atoms with van der Waals surface area (Å²) in [4.78, 5) is 14.8. The number of hydrogen-bond acceptors (Lipinski definition) is 3. The molecule has 88 valence electrons. The van der Waals surface area contributed by atoms with Crippen molar-refractivity contribution in [3.8, 4) is 0 Å². The molecular weight excluding hydrogens is 240 g/mol. The molecule has 2 heterocycles. The Balaban J connectivity index is 2.18. The van der Waals surface area contributed by atoms with E-state index in [0.717, 1.165) is 11.3 Å². The van der Waals surface area contributed by atoms with E-state index in [-0.39, 0.29) is 5.91 Å². The van der Waals surface area contributed by atoms with Crippen LogP contribution in [0.5, 0.6) is 0 Å². The van der Waals surface area contributed by atoms with Gasteiger partial charge < -0.3 is 5.32 Å². The fourth-order valence-corrected chi connectivity index (χ4v) is 1.50. The largest absolute Gasteiger partial charge is 0.353 e. The summed E-state index contributed by atoms with van der Waals surface area (Å²) in [6, 6.07) is 3.48. The number of carbonyl (C=O) groups is 1. The molecule has 0 aliphatic heterocycles. The first-order valence-corrected chi connectivity index (χ1v) is 5.46. The van der Waals surface area contributed by atoms with Crippen molar-refractivity contribution < 1.29 is 4.79 Å². The molecule has 0 fully saturated rings. The molecule has 0 aromatic carbocycles. The average Bonchev–Trinajstić information content (AvgIpc) is 2.67. The van der Waals surface area contributed by atoms with Gasteiger partial charge in [0.1, 0.15) is 5.15 Å². The van der Waals surface area contributed by atoms with Gasteiger partial charge in [-0.05, 0) is 18.2 Å². The van der Waals surface area contributed by atoms with E-state index >= 15 is 0 Å². The van der Waals surface area contributed by atoms with E-state index in [4.69, 9.17) is 11.6 Å². The van der Waals surface area contributed by atoms with Gasteiger partial charge >= 0.3 is 0 Å². The van der Waals surface area contributed by atoms with Gasteiger partial charge in [-0.2, -0.15) is 5.10 Å². The quantitative estimate of drug-likeness (QED) is 0.899. The summed E-state index contributed by atoms with van der Waals surface area (Å²) >= 11 is 5.81. The first-order valence-electron chi connectivity index (χ1n) is 5.08. The molecule has 1 amide bonds. The number of nitrogens with one attached hydrogen (secondary N) is 1. The third kappa shape index (κ3) is 2.82. The summed E-state index contributed by atoms with van der Waals surface area (Å²) in [5, 5.41) is 7.21. The zero-order valence-electron chi connectivity index (χ0n) is 9.22. The van der Waals surface area contributed by atoms with Crippen LogP contribution in [0.1, 0.15) is 12.6 Å². The van der Waals surface area contributed by atoms with Crippen molar-refractivity contribution >= 4 is 29.2 Å². The molecular formula is C11H11ClN4O. The van der Waals surface area contributed by atoms with Crippen molar-refractivity contribution in [2.24, 2.45) is 0 Å². The second-order valence-corrected chi connectivity index (χ2v) is 3.84. The van der Waals surface area contributed by atoms with Crippen molar-refractivity contribution in [1.82, 2.24) is 19.9 Å². The zero-order chi connectivity index (χ0) is 12.3. The van der Waals surface area contributed by atoms with E-state index in [1.807, 2.05) is 12.2 Å². The minimum absolute atomic E-state index is 0.0611. The minimum atomic E-state index is -0.0611. The number of aromatic nitrogens is 3. The standard InChI is InChI=1S/C11H11ClN4O/c1-8(17)13-6-2-3-9-7-14-11-5-4-10(12)15-16(9)11/h2-5,7H,6H2,1H3,(H,13,17). The van der Waals surface area contributed by atoms with Crippen molar-refractivity contribution in [3.63, 3.8) is 0 Å². The van der Waals surface area contributed by atoms with Crippen LogP contribution in [0.3, 0.4) is 0 Å². The number of rotatable bonds is 3. The molecule has 0 bridgehead atoms. The lowest BCUT2D eigenvalue weighted by molar-refractivity contribution is -0.118. The van der Waals surface area contributed by atoms with Crippen molar-refractivity contribution in [2.75, 3.05) is 6.54 Å². The fraction of sp³-hybridized carbons (Fsp3) is 0.182. The zero-order valence-corrected chi connectivity index (χ0v) is 9.98. The molecule has 2 aromatic rings. The first-order chi connectivity index (χ1) is 8.16. The molecule has 1 N–H and O–H groups in total. The molecule has 0 spiro atoms. The van der Waals surface area contributed by atoms with Crippen LogP contribution in [0, 0.1) is 0 Å². The maximum absolute atomic E-state index is 10.7. The van der Waals surface area contributed by atoms with Crippen molar-refractivity contribution in [3.05, 3.63) is 35.3 Å². The third-order valence-electron chi connectivity index (χ3n) is 2.11. The molecule has 0 radical (unpaired) electrons. The Morgan fingerprint density at radius 3 is 3.18 bits per heavy atom. The molecule has 6 heteroatoms. The molecule has 2 aromatic heterocycles. The van der Waals surface area contributed by atoms with Gasteiger partial charge in [0, 0.05) is 13.5 Å². The Labute approximate surface area is 103 Å². The van der Waals surface area contributed by atoms with E-state index in [2.05, 4.69) is 15.4 Å². The normalized spacial score (nSPS) is 11.2. The summed E-state index contributed by atoms with van der Waals surface area (Å²) < 4.78 is 1.65. The molecule has 0 aliphatic rings. The summed E-state index contributed by atoms with van der Waals surface area (Å²) in [6.07, 6.45) is 5.36. The third-order valence-corrected chi connectivity index (χ3v) is 2.32. The number of carbonyl (C=O) groups excluding carboxylic acids is 1. The van der Waals surface area contributed by atoms with Gasteiger partial charge in [0.2, 0.25) is 5.91 Å². The lowest BCUT2D eigenvalue weighted by atomic mass is 10.4. The fourth-order valence-electron chi connectivity index (χ4n) is 1.36. The Hall–Kier alpha value is -1.88. The van der Waals surface area contributed by atoms with Crippen LogP contribution >= 0.6 is 11.6 Å². The van der Waals surface area contributed by atoms with E-state index in [1.165, 1.54) is 6.92 Å². The second-order valence-electron chi connectivity index (χ2n) is 3.45. The van der Waals surface area contributed by atoms with Crippen molar-refractivity contribution in [1.29, 1.82) is 0 Å². The van der Waals surface area contributed by atoms with Gasteiger partial charge in [-0.15, -0.1) is 0 Å². The van der Waals surface area contributed by atoms with Gasteiger partial charge in [0.15, 0.2) is 5.65 Å². The van der Waals surface area contributed by atoms with Gasteiger partial charge in [-0.1, -0.05) is 17.7 Å². The van der Waals surface area contributed by atoms with Gasteiger partial charge in [0.05, 0.1) is 11.9 Å². The van der Waals surface area contributed by atoms with Gasteiger partial charge in [-0.25, -0.2) is 9.50 Å². The van der Waals surface area contributed by atoms with Gasteiger partial charge in [0.25, 0.3) is 0 Å². The average molecular weight is 251 g/mol. The molecule has 0 aliphatic carbocycles. The summed E-state index contributed by atoms with van der Waals surface area (Å²) in [7, 11) is 0. The Morgan fingerprint density at radius 2 is 2.41 bits per heavy atom. The van der Waals surface area contributed by atoms with Crippen molar-refractivity contribution in [2.45, 2.75) is 6.92 Å². The Bertz CT molecular complexity index is 576. The Kier molecular flexibility index (Phi) is 3.39. The van der Waals surface area contributed by atoms with Crippen LogP contribution in [-0.4, -0.2) is 27.0 Å². The van der Waals surface area contributed by atoms with E-state index < -0.39 is 0 Å². The lowest BCUT2D eigenvalue weighted by Gasteiger charge is -1.96. The highest BCUT2D eigenvalue weighted by Crippen LogP contribution is 2.10. The minimum Gasteiger partial charge on any atom is -0.353 e. The van der Waals surface area contributed by atoms with Crippen LogP contribution in [0.15, 0.2) is 24.4 Å². The van der Waals surface area contributed by atoms with Crippen LogP contribution in [-0.2, 0) is 4.79 Å². The van der Waals surface area contributed by atoms with Gasteiger partial charge in [-0.3, -0.25) is 4.79 Å². The first kappa shape index (κ1) is 11.6. The van der Waals surface area contributed by atoms with E-state index in [1.54, 1.807) is 22.8 Å². The van der Waals surface area contributed by atoms with E-state index in [0.29, 0.717) is 11.7 Å². The topological polar surface area (TPSA) is 59.3 Å². The predicted molar refractivity (Wildman–Crippen MR) is 65.7 cm³/mol. The second kappa shape index (κ2) is 4.97. The number of nitrogens with zero attached hydrogens (tertiary/aromatic N) is 3. The summed E-state index contributed by atoms with van der Waals surface area (Å²) in [5.41, 5.74) is 1.54. The molecule has 5 nitrogen and oxygen atoms in total. The molecule has 0 saturated heterocycles. The number of halogens is 1. The highest BCUT2D eigenvalue weighted by atomic mass is 35.5. The number of fused-ring (bicyclic) bond motifs is 1. The number of hydrogen-bond donors (Lipinski definition) is 1. The number of amides is 1. The Morgan fingerprint density at radius 1 is 1.59 bits per heavy atom. The summed E-state index contributed by atoms with van der Waals surface area (Å²) in [6.45, 7) is 1.95. The van der Waals surface area contributed by atoms with Crippen LogP contribution < -0.4 is 5.32 Å². The maximum Gasteiger partial charge on any atom is 0.217 e. The number of imidazole rings is 1. The predicted octanol–water partition coefficient (Wildman–Crippen LogP) is 1.53. The molecule has 0 saturated carbocycles. The highest BCUT2D eigenvalue weighted by Gasteiger charge is 2.01. The monoisotopic (exact) mass is 250 g/mol. The smallest absolute Gasteiger partial charge is 0.217 e. The van der Waals surface area contributed by atoms with E-state index in [9.17, 15) is 4.79 Å². The van der Waals surface area contributed by atoms with Crippen LogP contribution in [0.25, 0.3) is 11.7 Å². The SMILES string of the molecule is CC(=O)NCC=Cc1cnc2ccc(Cl)nn12. The lowest BCUT2D eigenvalue weighted by Crippen LogP contribution is -2.19. The van der Waals surface area contributed by atoms with Crippen LogP contribution in [0.4, 0.5) is 0 Å². The molecule has 17 heavy (non-hydrogen) atoms. The maximum atomic E-state index is 10.7.